The van der Waals surface area contributed by atoms with Gasteiger partial charge in [0.2, 0.25) is 0 Å². The van der Waals surface area contributed by atoms with Crippen molar-refractivity contribution in [3.05, 3.63) is 24.0 Å². The monoisotopic (exact) mass is 236 g/mol. The first-order chi connectivity index (χ1) is 8.24. The minimum absolute atomic E-state index is 0.0514. The van der Waals surface area contributed by atoms with Crippen LogP contribution in [-0.4, -0.2) is 29.1 Å². The number of amidine groups is 1. The number of rotatable bonds is 6. The maximum Gasteiger partial charge on any atom is 0.190 e. The van der Waals surface area contributed by atoms with Gasteiger partial charge in [-0.15, -0.1) is 0 Å². The van der Waals surface area contributed by atoms with E-state index >= 15 is 0 Å². The highest BCUT2D eigenvalue weighted by Gasteiger charge is 2.13. The van der Waals surface area contributed by atoms with Crippen LogP contribution in [-0.2, 0) is 0 Å². The summed E-state index contributed by atoms with van der Waals surface area (Å²) < 4.78 is 0. The Morgan fingerprint density at radius 1 is 1.53 bits per heavy atom. The Labute approximate surface area is 102 Å². The van der Waals surface area contributed by atoms with Gasteiger partial charge in [-0.3, -0.25) is 4.98 Å². The van der Waals surface area contributed by atoms with Crippen molar-refractivity contribution in [1.29, 1.82) is 0 Å². The molecule has 1 rings (SSSR count). The molecular weight excluding hydrogens is 216 g/mol. The molecule has 0 bridgehead atoms. The molecule has 0 aliphatic rings. The number of anilines is 1. The maximum absolute atomic E-state index is 8.75. The van der Waals surface area contributed by atoms with Gasteiger partial charge in [-0.05, 0) is 25.5 Å². The first-order valence-corrected chi connectivity index (χ1v) is 5.92. The summed E-state index contributed by atoms with van der Waals surface area (Å²) in [7, 11) is 0. The number of pyridine rings is 1. The summed E-state index contributed by atoms with van der Waals surface area (Å²) in [6, 6.07) is 3.80. The molecule has 0 radical (unpaired) electrons. The third-order valence-corrected chi connectivity index (χ3v) is 2.64. The second-order valence-electron chi connectivity index (χ2n) is 3.79. The van der Waals surface area contributed by atoms with E-state index in [2.05, 4.69) is 28.9 Å². The van der Waals surface area contributed by atoms with Gasteiger partial charge in [0.1, 0.15) is 5.69 Å². The summed E-state index contributed by atoms with van der Waals surface area (Å²) in [4.78, 5) is 6.35. The molecule has 94 valence electrons. The Hall–Kier alpha value is -1.78. The summed E-state index contributed by atoms with van der Waals surface area (Å²) in [5.74, 6) is 0.0514. The second kappa shape index (κ2) is 6.73. The van der Waals surface area contributed by atoms with Gasteiger partial charge in [-0.1, -0.05) is 18.5 Å². The van der Waals surface area contributed by atoms with Crippen molar-refractivity contribution >= 4 is 11.5 Å². The summed E-state index contributed by atoms with van der Waals surface area (Å²) in [5, 5.41) is 11.8. The fourth-order valence-corrected chi connectivity index (χ4v) is 1.69. The Morgan fingerprint density at radius 2 is 2.29 bits per heavy atom. The number of nitrogens with two attached hydrogens (primary N) is 1. The highest BCUT2D eigenvalue weighted by atomic mass is 16.4. The molecule has 0 aliphatic carbocycles. The van der Waals surface area contributed by atoms with Crippen LogP contribution < -0.4 is 10.6 Å². The molecule has 1 heterocycles. The van der Waals surface area contributed by atoms with Gasteiger partial charge < -0.3 is 15.8 Å². The molecule has 0 fully saturated rings. The fourth-order valence-electron chi connectivity index (χ4n) is 1.69. The molecule has 0 aromatic carbocycles. The summed E-state index contributed by atoms with van der Waals surface area (Å²) in [5.41, 5.74) is 7.08. The van der Waals surface area contributed by atoms with E-state index < -0.39 is 0 Å². The summed E-state index contributed by atoms with van der Waals surface area (Å²) >= 11 is 0. The molecule has 1 aromatic heterocycles. The van der Waals surface area contributed by atoms with Crippen LogP contribution in [0, 0.1) is 0 Å². The lowest BCUT2D eigenvalue weighted by Crippen LogP contribution is -2.28. The van der Waals surface area contributed by atoms with E-state index in [1.807, 2.05) is 12.1 Å². The Kier molecular flexibility index (Phi) is 5.26. The molecule has 3 N–H and O–H groups in total. The number of unbranched alkanes of at least 4 members (excludes halogenated alkanes) is 1. The lowest BCUT2D eigenvalue weighted by atomic mass is 10.2. The zero-order valence-corrected chi connectivity index (χ0v) is 10.4. The van der Waals surface area contributed by atoms with E-state index in [4.69, 9.17) is 10.9 Å². The van der Waals surface area contributed by atoms with Gasteiger partial charge in [0.15, 0.2) is 5.84 Å². The highest BCUT2D eigenvalue weighted by Crippen LogP contribution is 2.18. The zero-order valence-electron chi connectivity index (χ0n) is 10.4. The minimum atomic E-state index is 0.0514. The van der Waals surface area contributed by atoms with Crippen LogP contribution in [0.3, 0.4) is 0 Å². The van der Waals surface area contributed by atoms with Crippen molar-refractivity contribution in [2.75, 3.05) is 18.0 Å². The van der Waals surface area contributed by atoms with Gasteiger partial charge in [-0.25, -0.2) is 0 Å². The molecule has 0 unspecified atom stereocenters. The topological polar surface area (TPSA) is 74.7 Å². The lowest BCUT2D eigenvalue weighted by molar-refractivity contribution is 0.318. The molecule has 0 atom stereocenters. The van der Waals surface area contributed by atoms with Crippen molar-refractivity contribution in [1.82, 2.24) is 4.98 Å². The molecule has 5 heteroatoms. The van der Waals surface area contributed by atoms with E-state index in [9.17, 15) is 0 Å². The standard InChI is InChI=1S/C12H20N4O/c1-3-5-9-16(4-2)10-7-6-8-14-11(10)12(13)15-17/h6-8,17H,3-5,9H2,1-2H3,(H2,13,15). The largest absolute Gasteiger partial charge is 0.409 e. The normalized spacial score (nSPS) is 11.5. The highest BCUT2D eigenvalue weighted by molar-refractivity contribution is 6.00. The van der Waals surface area contributed by atoms with Crippen LogP contribution >= 0.6 is 0 Å². The first-order valence-electron chi connectivity index (χ1n) is 5.92. The van der Waals surface area contributed by atoms with Crippen molar-refractivity contribution in [2.45, 2.75) is 26.7 Å². The van der Waals surface area contributed by atoms with Crippen LogP contribution in [0.4, 0.5) is 5.69 Å². The van der Waals surface area contributed by atoms with Gasteiger partial charge in [0.25, 0.3) is 0 Å². The van der Waals surface area contributed by atoms with Crippen LogP contribution in [0.1, 0.15) is 32.4 Å². The Morgan fingerprint density at radius 3 is 2.88 bits per heavy atom. The molecule has 17 heavy (non-hydrogen) atoms. The number of nitrogens with zero attached hydrogens (tertiary/aromatic N) is 3. The molecule has 0 spiro atoms. The number of hydrogen-bond acceptors (Lipinski definition) is 4. The van der Waals surface area contributed by atoms with E-state index in [0.29, 0.717) is 5.69 Å². The molecule has 1 aromatic rings. The number of oxime groups is 1. The van der Waals surface area contributed by atoms with Crippen LogP contribution in [0.15, 0.2) is 23.5 Å². The zero-order chi connectivity index (χ0) is 12.7. The van der Waals surface area contributed by atoms with Gasteiger partial charge in [-0.2, -0.15) is 0 Å². The van der Waals surface area contributed by atoms with Gasteiger partial charge >= 0.3 is 0 Å². The molecule has 5 nitrogen and oxygen atoms in total. The third-order valence-electron chi connectivity index (χ3n) is 2.64. The first kappa shape index (κ1) is 13.3. The molecule has 0 saturated heterocycles. The smallest absolute Gasteiger partial charge is 0.190 e. The number of aromatic nitrogens is 1. The SMILES string of the molecule is CCCCN(CC)c1cccnc1/C(N)=N/O. The maximum atomic E-state index is 8.75. The molecular formula is C12H20N4O. The average Bonchev–Trinajstić information content (AvgIpc) is 2.39. The summed E-state index contributed by atoms with van der Waals surface area (Å²) in [6.07, 6.45) is 3.89. The van der Waals surface area contributed by atoms with E-state index in [-0.39, 0.29) is 5.84 Å². The van der Waals surface area contributed by atoms with E-state index in [1.165, 1.54) is 0 Å². The molecule has 0 amide bonds. The Bertz CT molecular complexity index is 379. The van der Waals surface area contributed by atoms with Crippen LogP contribution in [0.5, 0.6) is 0 Å². The van der Waals surface area contributed by atoms with Crippen molar-refractivity contribution in [2.24, 2.45) is 10.9 Å². The van der Waals surface area contributed by atoms with Crippen LogP contribution in [0.25, 0.3) is 0 Å². The minimum Gasteiger partial charge on any atom is -0.409 e. The fraction of sp³-hybridized carbons (Fsp3) is 0.500. The quantitative estimate of drug-likeness (QED) is 0.342. The average molecular weight is 236 g/mol. The Balaban J connectivity index is 3.01. The van der Waals surface area contributed by atoms with E-state index in [1.54, 1.807) is 6.20 Å². The second-order valence-corrected chi connectivity index (χ2v) is 3.79. The van der Waals surface area contributed by atoms with E-state index in [0.717, 1.165) is 31.6 Å². The van der Waals surface area contributed by atoms with Gasteiger partial charge in [0, 0.05) is 19.3 Å². The predicted molar refractivity (Wildman–Crippen MR) is 69.5 cm³/mol. The van der Waals surface area contributed by atoms with Crippen molar-refractivity contribution < 1.29 is 5.21 Å². The lowest BCUT2D eigenvalue weighted by Gasteiger charge is -2.24. The van der Waals surface area contributed by atoms with Crippen LogP contribution in [0.2, 0.25) is 0 Å². The number of hydrogen-bond donors (Lipinski definition) is 2. The third kappa shape index (κ3) is 3.34. The summed E-state index contributed by atoms with van der Waals surface area (Å²) in [6.45, 7) is 6.06. The molecule has 0 aliphatic heterocycles. The predicted octanol–water partition coefficient (Wildman–Crippen LogP) is 1.80. The van der Waals surface area contributed by atoms with Crippen molar-refractivity contribution in [3.8, 4) is 0 Å². The van der Waals surface area contributed by atoms with Gasteiger partial charge in [0.05, 0.1) is 5.69 Å². The van der Waals surface area contributed by atoms with Crippen molar-refractivity contribution in [3.63, 3.8) is 0 Å². The molecule has 0 saturated carbocycles.